The maximum absolute atomic E-state index is 12.5. The van der Waals surface area contributed by atoms with Crippen molar-refractivity contribution in [1.82, 2.24) is 14.9 Å². The van der Waals surface area contributed by atoms with Gasteiger partial charge in [-0.1, -0.05) is 0 Å². The lowest BCUT2D eigenvalue weighted by Crippen LogP contribution is -2.48. The minimum Gasteiger partial charge on any atom is -0.469 e. The van der Waals surface area contributed by atoms with E-state index < -0.39 is 0 Å². The van der Waals surface area contributed by atoms with E-state index in [0.717, 1.165) is 43.5 Å². The Morgan fingerprint density at radius 2 is 2.21 bits per heavy atom. The average molecular weight is 332 g/mol. The third-order valence-corrected chi connectivity index (χ3v) is 5.19. The van der Waals surface area contributed by atoms with E-state index in [0.29, 0.717) is 25.3 Å². The summed E-state index contributed by atoms with van der Waals surface area (Å²) < 4.78 is 4.61. The first-order chi connectivity index (χ1) is 11.5. The van der Waals surface area contributed by atoms with E-state index >= 15 is 0 Å². The van der Waals surface area contributed by atoms with Gasteiger partial charge >= 0.3 is 5.97 Å². The second kappa shape index (κ2) is 6.75. The highest BCUT2D eigenvalue weighted by Crippen LogP contribution is 2.44. The predicted octanol–water partition coefficient (Wildman–Crippen LogP) is 1.21. The van der Waals surface area contributed by atoms with Crippen LogP contribution in [-0.4, -0.2) is 46.9 Å². The number of fused-ring (bicyclic) bond motifs is 2. The topological polar surface area (TPSA) is 98.4 Å². The van der Waals surface area contributed by atoms with Crippen LogP contribution in [0.25, 0.3) is 0 Å². The largest absolute Gasteiger partial charge is 0.469 e. The molecule has 0 aromatic carbocycles. The molecule has 0 bridgehead atoms. The Labute approximate surface area is 141 Å². The molecule has 24 heavy (non-hydrogen) atoms. The summed E-state index contributed by atoms with van der Waals surface area (Å²) in [7, 11) is 1.36. The van der Waals surface area contributed by atoms with Gasteiger partial charge in [-0.25, -0.2) is 9.97 Å². The van der Waals surface area contributed by atoms with Gasteiger partial charge in [0, 0.05) is 37.5 Å². The maximum Gasteiger partial charge on any atom is 0.305 e. The molecule has 7 nitrogen and oxygen atoms in total. The molecule has 130 valence electrons. The Balaban J connectivity index is 1.66. The molecule has 1 saturated heterocycles. The van der Waals surface area contributed by atoms with Gasteiger partial charge in [-0.15, -0.1) is 0 Å². The molecule has 1 aromatic rings. The Kier molecular flexibility index (Phi) is 4.69. The van der Waals surface area contributed by atoms with Gasteiger partial charge in [0.05, 0.1) is 12.8 Å². The first kappa shape index (κ1) is 16.7. The summed E-state index contributed by atoms with van der Waals surface area (Å²) in [6.45, 7) is 1.46. The zero-order valence-electron chi connectivity index (χ0n) is 14.1. The molecule has 1 unspecified atom stereocenters. The van der Waals surface area contributed by atoms with Crippen molar-refractivity contribution in [2.45, 2.75) is 50.4 Å². The molecule has 0 saturated carbocycles. The van der Waals surface area contributed by atoms with Crippen molar-refractivity contribution in [2.75, 3.05) is 25.9 Å². The van der Waals surface area contributed by atoms with E-state index in [1.165, 1.54) is 7.11 Å². The monoisotopic (exact) mass is 332 g/mol. The van der Waals surface area contributed by atoms with Crippen LogP contribution in [0.4, 0.5) is 5.95 Å². The fourth-order valence-corrected chi connectivity index (χ4v) is 3.94. The number of hydrogen-bond donors (Lipinski definition) is 1. The molecule has 1 amide bonds. The van der Waals surface area contributed by atoms with Crippen LogP contribution in [0.1, 0.15) is 49.8 Å². The molecule has 2 aliphatic rings. The number of aryl methyl sites for hydroxylation is 1. The number of nitrogens with zero attached hydrogens (tertiary/aromatic N) is 3. The van der Waals surface area contributed by atoms with Crippen molar-refractivity contribution in [1.29, 1.82) is 0 Å². The Morgan fingerprint density at radius 3 is 3.00 bits per heavy atom. The number of nitrogens with two attached hydrogens (primary N) is 1. The van der Waals surface area contributed by atoms with Crippen LogP contribution in [0.3, 0.4) is 0 Å². The number of nitrogen functional groups attached to an aromatic ring is 1. The highest BCUT2D eigenvalue weighted by molar-refractivity contribution is 5.77. The molecule has 1 atom stereocenters. The average Bonchev–Trinajstić information content (AvgIpc) is 2.92. The minimum atomic E-state index is -0.269. The zero-order chi connectivity index (χ0) is 17.2. The molecule has 1 fully saturated rings. The van der Waals surface area contributed by atoms with Gasteiger partial charge in [-0.3, -0.25) is 9.59 Å². The fraction of sp³-hybridized carbons (Fsp3) is 0.647. The lowest BCUT2D eigenvalue weighted by Gasteiger charge is -2.40. The Morgan fingerprint density at radius 1 is 1.38 bits per heavy atom. The molecular formula is C17H24N4O3. The molecule has 1 aliphatic heterocycles. The Hall–Kier alpha value is -2.18. The number of carbonyl (C=O) groups is 2. The van der Waals surface area contributed by atoms with E-state index in [1.54, 1.807) is 0 Å². The molecule has 0 radical (unpaired) electrons. The van der Waals surface area contributed by atoms with Crippen molar-refractivity contribution >= 4 is 17.8 Å². The fourth-order valence-electron chi connectivity index (χ4n) is 3.94. The normalized spacial score (nSPS) is 22.5. The van der Waals surface area contributed by atoms with Crippen molar-refractivity contribution in [3.8, 4) is 0 Å². The first-order valence-corrected chi connectivity index (χ1v) is 8.50. The number of likely N-dealkylation sites (tertiary alicyclic amines) is 1. The summed E-state index contributed by atoms with van der Waals surface area (Å²) >= 11 is 0. The van der Waals surface area contributed by atoms with Crippen LogP contribution in [0.15, 0.2) is 6.20 Å². The van der Waals surface area contributed by atoms with E-state index in [-0.39, 0.29) is 23.7 Å². The highest BCUT2D eigenvalue weighted by Gasteiger charge is 2.44. The smallest absolute Gasteiger partial charge is 0.305 e. The standard InChI is InChI=1S/C17H24N4O3/c1-24-14(23)5-2-4-13(22)21-9-3-7-17(11-21)8-6-12-10-19-16(18)20-15(12)17/h10H,2-9,11H2,1H3,(H2,18,19,20). The lowest BCUT2D eigenvalue weighted by atomic mass is 9.77. The molecule has 3 rings (SSSR count). The molecule has 1 spiro atoms. The number of anilines is 1. The van der Waals surface area contributed by atoms with Gasteiger partial charge in [-0.2, -0.15) is 0 Å². The summed E-state index contributed by atoms with van der Waals surface area (Å²) in [5.41, 5.74) is 7.88. The van der Waals surface area contributed by atoms with E-state index in [4.69, 9.17) is 5.73 Å². The van der Waals surface area contributed by atoms with Crippen LogP contribution in [0, 0.1) is 0 Å². The summed E-state index contributed by atoms with van der Waals surface area (Å²) in [5.74, 6) is 0.139. The van der Waals surface area contributed by atoms with Crippen molar-refractivity contribution in [3.63, 3.8) is 0 Å². The second-order valence-electron chi connectivity index (χ2n) is 6.73. The zero-order valence-corrected chi connectivity index (χ0v) is 14.1. The van der Waals surface area contributed by atoms with Crippen LogP contribution >= 0.6 is 0 Å². The number of hydrogen-bond acceptors (Lipinski definition) is 6. The third kappa shape index (κ3) is 3.20. The lowest BCUT2D eigenvalue weighted by molar-refractivity contribution is -0.141. The van der Waals surface area contributed by atoms with Crippen molar-refractivity contribution in [3.05, 3.63) is 17.5 Å². The SMILES string of the molecule is COC(=O)CCCC(=O)N1CCCC2(CCc3cnc(N)nc32)C1. The van der Waals surface area contributed by atoms with Gasteiger partial charge < -0.3 is 15.4 Å². The van der Waals surface area contributed by atoms with Gasteiger partial charge in [0.1, 0.15) is 0 Å². The third-order valence-electron chi connectivity index (χ3n) is 5.19. The number of esters is 1. The molecule has 2 N–H and O–H groups in total. The highest BCUT2D eigenvalue weighted by atomic mass is 16.5. The van der Waals surface area contributed by atoms with Gasteiger partial charge in [-0.05, 0) is 37.7 Å². The first-order valence-electron chi connectivity index (χ1n) is 8.50. The quantitative estimate of drug-likeness (QED) is 0.832. The van der Waals surface area contributed by atoms with Gasteiger partial charge in [0.15, 0.2) is 0 Å². The second-order valence-corrected chi connectivity index (χ2v) is 6.73. The number of methoxy groups -OCH3 is 1. The maximum atomic E-state index is 12.5. The minimum absolute atomic E-state index is 0.0807. The molecule has 1 aliphatic carbocycles. The number of ether oxygens (including phenoxy) is 1. The van der Waals surface area contributed by atoms with E-state index in [2.05, 4.69) is 14.7 Å². The van der Waals surface area contributed by atoms with E-state index in [1.807, 2.05) is 11.1 Å². The summed E-state index contributed by atoms with van der Waals surface area (Å²) in [6, 6.07) is 0. The summed E-state index contributed by atoms with van der Waals surface area (Å²) in [5, 5.41) is 0. The number of aromatic nitrogens is 2. The van der Waals surface area contributed by atoms with Crippen LogP contribution in [0.2, 0.25) is 0 Å². The van der Waals surface area contributed by atoms with Crippen molar-refractivity contribution in [2.24, 2.45) is 0 Å². The van der Waals surface area contributed by atoms with Crippen LogP contribution < -0.4 is 5.73 Å². The number of rotatable bonds is 4. The number of piperidine rings is 1. The number of carbonyl (C=O) groups excluding carboxylic acids is 2. The molecule has 7 heteroatoms. The Bertz CT molecular complexity index is 645. The van der Waals surface area contributed by atoms with Gasteiger partial charge in [0.2, 0.25) is 11.9 Å². The molecular weight excluding hydrogens is 308 g/mol. The van der Waals surface area contributed by atoms with Gasteiger partial charge in [0.25, 0.3) is 0 Å². The van der Waals surface area contributed by atoms with Crippen molar-refractivity contribution < 1.29 is 14.3 Å². The summed E-state index contributed by atoms with van der Waals surface area (Å²) in [6.07, 6.45) is 6.95. The van der Waals surface area contributed by atoms with E-state index in [9.17, 15) is 9.59 Å². The predicted molar refractivity (Wildman–Crippen MR) is 88.1 cm³/mol. The number of amides is 1. The van der Waals surface area contributed by atoms with Crippen LogP contribution in [0.5, 0.6) is 0 Å². The van der Waals surface area contributed by atoms with Crippen LogP contribution in [-0.2, 0) is 26.2 Å². The molecule has 1 aromatic heterocycles. The summed E-state index contributed by atoms with van der Waals surface area (Å²) in [4.78, 5) is 34.2. The molecule has 2 heterocycles.